The topological polar surface area (TPSA) is 70.2 Å². The molecule has 0 radical (unpaired) electrons. The van der Waals surface area contributed by atoms with Crippen LogP contribution in [0.15, 0.2) is 23.1 Å². The van der Waals surface area contributed by atoms with Gasteiger partial charge in [0.1, 0.15) is 0 Å². The molecular weight excluding hydrogens is 322 g/mol. The van der Waals surface area contributed by atoms with Gasteiger partial charge in [0.25, 0.3) is 0 Å². The number of rotatable bonds is 4. The van der Waals surface area contributed by atoms with Gasteiger partial charge in [-0.2, -0.15) is 0 Å². The van der Waals surface area contributed by atoms with Crippen LogP contribution in [0.25, 0.3) is 0 Å². The smallest absolute Gasteiger partial charge is 0.315 e. The molecule has 0 spiro atoms. The minimum atomic E-state index is -0.278. The average Bonchev–Trinajstić information content (AvgIpc) is 3.30. The van der Waals surface area contributed by atoms with Gasteiger partial charge in [-0.1, -0.05) is 11.6 Å². The lowest BCUT2D eigenvalue weighted by atomic mass is 10.0. The molecule has 1 atom stereocenters. The first-order valence-electron chi connectivity index (χ1n) is 7.38. The van der Waals surface area contributed by atoms with Gasteiger partial charge in [0, 0.05) is 21.7 Å². The Bertz CT molecular complexity index is 592. The van der Waals surface area contributed by atoms with E-state index in [0.717, 1.165) is 35.5 Å². The number of urea groups is 1. The molecule has 3 N–H and O–H groups in total. The molecule has 22 heavy (non-hydrogen) atoms. The molecule has 0 bridgehead atoms. The number of hydrogen-bond donors (Lipinski definition) is 3. The van der Waals surface area contributed by atoms with Gasteiger partial charge in [-0.05, 0) is 43.0 Å². The Balaban J connectivity index is 1.53. The molecule has 0 aromatic heterocycles. The maximum atomic E-state index is 12.0. The second-order valence-corrected chi connectivity index (χ2v) is 7.11. The molecule has 0 unspecified atom stereocenters. The number of thioether (sulfide) groups is 1. The Kier molecular flexibility index (Phi) is 4.78. The minimum Gasteiger partial charge on any atom is -0.348 e. The summed E-state index contributed by atoms with van der Waals surface area (Å²) in [6.07, 6.45) is 2.91. The molecule has 0 saturated heterocycles. The summed E-state index contributed by atoms with van der Waals surface area (Å²) in [5.41, 5.74) is 1.06. The fourth-order valence-electron chi connectivity index (χ4n) is 2.39. The lowest BCUT2D eigenvalue weighted by Crippen LogP contribution is -2.43. The van der Waals surface area contributed by atoms with Gasteiger partial charge in [-0.25, -0.2) is 4.79 Å². The highest BCUT2D eigenvalue weighted by atomic mass is 35.5. The third kappa shape index (κ3) is 4.08. The van der Waals surface area contributed by atoms with Gasteiger partial charge < -0.3 is 16.0 Å². The zero-order valence-corrected chi connectivity index (χ0v) is 13.6. The standard InChI is InChI=1S/C15H18ClN3O2S/c16-9-1-4-13-11(7-9)12(5-6-22-13)19-14(20)8-17-15(21)18-10-2-3-10/h1,4,7,10,12H,2-3,5-6,8H2,(H,19,20)(H2,17,18,21)/t12-/m1/s1. The molecule has 1 aliphatic carbocycles. The molecule has 1 heterocycles. The van der Waals surface area contributed by atoms with Crippen molar-refractivity contribution in [3.63, 3.8) is 0 Å². The number of hydrogen-bond acceptors (Lipinski definition) is 3. The Hall–Kier alpha value is -1.40. The van der Waals surface area contributed by atoms with Crippen LogP contribution in [0.3, 0.4) is 0 Å². The van der Waals surface area contributed by atoms with Crippen LogP contribution in [-0.2, 0) is 4.79 Å². The van der Waals surface area contributed by atoms with Gasteiger partial charge in [0.05, 0.1) is 12.6 Å². The van der Waals surface area contributed by atoms with Gasteiger partial charge in [0.2, 0.25) is 5.91 Å². The average molecular weight is 340 g/mol. The highest BCUT2D eigenvalue weighted by molar-refractivity contribution is 7.99. The first-order chi connectivity index (χ1) is 10.6. The number of benzene rings is 1. The molecule has 3 rings (SSSR count). The van der Waals surface area contributed by atoms with Crippen molar-refractivity contribution in [1.29, 1.82) is 0 Å². The first kappa shape index (κ1) is 15.5. The van der Waals surface area contributed by atoms with E-state index < -0.39 is 0 Å². The monoisotopic (exact) mass is 339 g/mol. The van der Waals surface area contributed by atoms with Crippen molar-refractivity contribution >= 4 is 35.3 Å². The molecule has 2 aliphatic rings. The van der Waals surface area contributed by atoms with Crippen LogP contribution in [0.5, 0.6) is 0 Å². The lowest BCUT2D eigenvalue weighted by Gasteiger charge is -2.26. The SMILES string of the molecule is O=C(CNC(=O)NC1CC1)N[C@@H]1CCSc2ccc(Cl)cc21. The summed E-state index contributed by atoms with van der Waals surface area (Å²) in [7, 11) is 0. The van der Waals surface area contributed by atoms with Crippen LogP contribution >= 0.6 is 23.4 Å². The van der Waals surface area contributed by atoms with Crippen LogP contribution in [0.2, 0.25) is 5.02 Å². The summed E-state index contributed by atoms with van der Waals surface area (Å²) >= 11 is 7.82. The van der Waals surface area contributed by atoms with E-state index in [1.54, 1.807) is 11.8 Å². The van der Waals surface area contributed by atoms with E-state index in [1.807, 2.05) is 18.2 Å². The van der Waals surface area contributed by atoms with Crippen molar-refractivity contribution in [3.8, 4) is 0 Å². The number of amides is 3. The van der Waals surface area contributed by atoms with E-state index in [9.17, 15) is 9.59 Å². The third-order valence-corrected chi connectivity index (χ3v) is 5.03. The van der Waals surface area contributed by atoms with E-state index in [-0.39, 0.29) is 30.6 Å². The van der Waals surface area contributed by atoms with Crippen LogP contribution in [0.1, 0.15) is 30.9 Å². The summed E-state index contributed by atoms with van der Waals surface area (Å²) in [6.45, 7) is -0.0158. The molecule has 5 nitrogen and oxygen atoms in total. The summed E-state index contributed by atoms with van der Waals surface area (Å²) in [4.78, 5) is 24.7. The Labute approximate surface area is 138 Å². The summed E-state index contributed by atoms with van der Waals surface area (Å²) in [5, 5.41) is 9.01. The van der Waals surface area contributed by atoms with Crippen molar-refractivity contribution in [2.24, 2.45) is 0 Å². The first-order valence-corrected chi connectivity index (χ1v) is 8.74. The van der Waals surface area contributed by atoms with Crippen molar-refractivity contribution in [1.82, 2.24) is 16.0 Å². The van der Waals surface area contributed by atoms with Gasteiger partial charge >= 0.3 is 6.03 Å². The fraction of sp³-hybridized carbons (Fsp3) is 0.467. The number of carbonyl (C=O) groups excluding carboxylic acids is 2. The van der Waals surface area contributed by atoms with Gasteiger partial charge in [-0.3, -0.25) is 4.79 Å². The zero-order valence-electron chi connectivity index (χ0n) is 12.0. The second-order valence-electron chi connectivity index (χ2n) is 5.54. The van der Waals surface area contributed by atoms with Crippen LogP contribution in [0.4, 0.5) is 4.79 Å². The fourth-order valence-corrected chi connectivity index (χ4v) is 3.67. The van der Waals surface area contributed by atoms with E-state index in [4.69, 9.17) is 11.6 Å². The maximum Gasteiger partial charge on any atom is 0.315 e. The number of fused-ring (bicyclic) bond motifs is 1. The second kappa shape index (κ2) is 6.79. The van der Waals surface area contributed by atoms with Gasteiger partial charge in [0.15, 0.2) is 0 Å². The zero-order chi connectivity index (χ0) is 15.5. The third-order valence-electron chi connectivity index (χ3n) is 3.67. The maximum absolute atomic E-state index is 12.0. The number of nitrogens with one attached hydrogen (secondary N) is 3. The Morgan fingerprint density at radius 3 is 2.82 bits per heavy atom. The van der Waals surface area contributed by atoms with E-state index >= 15 is 0 Å². The molecular formula is C15H18ClN3O2S. The lowest BCUT2D eigenvalue weighted by molar-refractivity contribution is -0.120. The van der Waals surface area contributed by atoms with Crippen molar-refractivity contribution in [3.05, 3.63) is 28.8 Å². The molecule has 1 aromatic rings. The Morgan fingerprint density at radius 2 is 2.05 bits per heavy atom. The largest absolute Gasteiger partial charge is 0.348 e. The quantitative estimate of drug-likeness (QED) is 0.789. The highest BCUT2D eigenvalue weighted by Crippen LogP contribution is 2.37. The van der Waals surface area contributed by atoms with E-state index in [0.29, 0.717) is 5.02 Å². The predicted octanol–water partition coefficient (Wildman–Crippen LogP) is 2.45. The molecule has 1 fully saturated rings. The molecule has 1 aromatic carbocycles. The van der Waals surface area contributed by atoms with E-state index in [2.05, 4.69) is 16.0 Å². The predicted molar refractivity (Wildman–Crippen MR) is 87.2 cm³/mol. The van der Waals surface area contributed by atoms with Crippen LogP contribution < -0.4 is 16.0 Å². The van der Waals surface area contributed by atoms with Crippen LogP contribution in [0, 0.1) is 0 Å². The Morgan fingerprint density at radius 1 is 1.23 bits per heavy atom. The van der Waals surface area contributed by atoms with Crippen molar-refractivity contribution in [2.75, 3.05) is 12.3 Å². The molecule has 1 saturated carbocycles. The molecule has 118 valence electrons. The van der Waals surface area contributed by atoms with E-state index in [1.165, 1.54) is 0 Å². The van der Waals surface area contributed by atoms with Gasteiger partial charge in [-0.15, -0.1) is 11.8 Å². The highest BCUT2D eigenvalue weighted by Gasteiger charge is 2.24. The summed E-state index contributed by atoms with van der Waals surface area (Å²) in [5.74, 6) is 0.767. The molecule has 3 amide bonds. The normalized spacial score (nSPS) is 20.0. The summed E-state index contributed by atoms with van der Waals surface area (Å²) in [6, 6.07) is 5.72. The molecule has 1 aliphatic heterocycles. The summed E-state index contributed by atoms with van der Waals surface area (Å²) < 4.78 is 0. The number of halogens is 1. The molecule has 7 heteroatoms. The minimum absolute atomic E-state index is 0.0158. The van der Waals surface area contributed by atoms with Crippen LogP contribution in [-0.4, -0.2) is 30.3 Å². The van der Waals surface area contributed by atoms with Crippen molar-refractivity contribution in [2.45, 2.75) is 36.2 Å². The van der Waals surface area contributed by atoms with Crippen molar-refractivity contribution < 1.29 is 9.59 Å². The number of carbonyl (C=O) groups is 2.